The highest BCUT2D eigenvalue weighted by Crippen LogP contribution is 2.21. The van der Waals surface area contributed by atoms with Gasteiger partial charge >= 0.3 is 6.09 Å². The number of para-hydroxylation sites is 1. The third kappa shape index (κ3) is 8.34. The molecule has 1 heterocycles. The fraction of sp³-hybridized carbons (Fsp3) is 0.240. The molecule has 5 nitrogen and oxygen atoms in total. The smallest absolute Gasteiger partial charge is 0.415 e. The maximum absolute atomic E-state index is 12.6. The lowest BCUT2D eigenvalue weighted by molar-refractivity contribution is 0.0577. The normalized spacial score (nSPS) is 10.5. The van der Waals surface area contributed by atoms with Crippen molar-refractivity contribution in [3.63, 3.8) is 0 Å². The Hall–Kier alpha value is -2.99. The molecular weight excluding hydrogens is 456 g/mol. The molecule has 2 aromatic carbocycles. The Kier molecular flexibility index (Phi) is 8.94. The summed E-state index contributed by atoms with van der Waals surface area (Å²) in [5.74, 6) is 0. The Morgan fingerprint density at radius 2 is 1.65 bits per heavy atom. The molecule has 0 radical (unpaired) electrons. The van der Waals surface area contributed by atoms with E-state index in [-0.39, 0.29) is 6.09 Å². The van der Waals surface area contributed by atoms with Crippen molar-refractivity contribution in [3.05, 3.63) is 94.2 Å². The first-order chi connectivity index (χ1) is 14.7. The van der Waals surface area contributed by atoms with Gasteiger partial charge in [-0.3, -0.25) is 9.69 Å². The summed E-state index contributed by atoms with van der Waals surface area (Å²) < 4.78 is 6.24. The molecule has 0 bridgehead atoms. The van der Waals surface area contributed by atoms with Crippen LogP contribution in [0.4, 0.5) is 10.5 Å². The van der Waals surface area contributed by atoms with Crippen LogP contribution in [0.2, 0.25) is 0 Å². The van der Waals surface area contributed by atoms with Crippen LogP contribution in [-0.4, -0.2) is 23.0 Å². The lowest BCUT2D eigenvalue weighted by Gasteiger charge is -2.28. The van der Waals surface area contributed by atoms with E-state index < -0.39 is 5.60 Å². The molecule has 0 atom stereocenters. The maximum Gasteiger partial charge on any atom is 0.415 e. The minimum Gasteiger partial charge on any atom is -0.443 e. The fourth-order valence-electron chi connectivity index (χ4n) is 2.63. The van der Waals surface area contributed by atoms with E-state index in [1.807, 2.05) is 82.3 Å². The summed E-state index contributed by atoms with van der Waals surface area (Å²) in [5, 5.41) is 0. The summed E-state index contributed by atoms with van der Waals surface area (Å²) in [4.78, 5) is 28.2. The average Bonchev–Trinajstić information content (AvgIpc) is 2.73. The largest absolute Gasteiger partial charge is 0.443 e. The van der Waals surface area contributed by atoms with Gasteiger partial charge in [0.25, 0.3) is 0 Å². The highest BCUT2D eigenvalue weighted by atomic mass is 79.9. The SMILES string of the molecule is Cc1ccccc1CN(C(=O)OC(C)(C)C)c1ccccc1.O=Cc1cccc(Br)n1. The number of carbonyl (C=O) groups is 2. The number of pyridine rings is 1. The second-order valence-corrected chi connectivity index (χ2v) is 8.64. The number of rotatable bonds is 4. The lowest BCUT2D eigenvalue weighted by atomic mass is 10.1. The molecule has 0 saturated carbocycles. The molecule has 3 rings (SSSR count). The van der Waals surface area contributed by atoms with Gasteiger partial charge in [-0.25, -0.2) is 9.78 Å². The molecule has 0 aliphatic heterocycles. The van der Waals surface area contributed by atoms with E-state index >= 15 is 0 Å². The van der Waals surface area contributed by atoms with E-state index in [1.54, 1.807) is 23.1 Å². The molecule has 1 aromatic heterocycles. The van der Waals surface area contributed by atoms with Gasteiger partial charge in [0.1, 0.15) is 15.9 Å². The predicted octanol–water partition coefficient (Wildman–Crippen LogP) is 6.59. The van der Waals surface area contributed by atoms with Crippen LogP contribution in [-0.2, 0) is 11.3 Å². The minimum absolute atomic E-state index is 0.332. The summed E-state index contributed by atoms with van der Waals surface area (Å²) in [6.45, 7) is 8.17. The highest BCUT2D eigenvalue weighted by Gasteiger charge is 2.23. The van der Waals surface area contributed by atoms with E-state index in [0.717, 1.165) is 16.8 Å². The van der Waals surface area contributed by atoms with Crippen LogP contribution >= 0.6 is 15.9 Å². The number of aromatic nitrogens is 1. The first-order valence-electron chi connectivity index (χ1n) is 9.87. The molecule has 0 saturated heterocycles. The maximum atomic E-state index is 12.6. The molecule has 1 amide bonds. The van der Waals surface area contributed by atoms with Gasteiger partial charge in [-0.05, 0) is 79.0 Å². The van der Waals surface area contributed by atoms with Crippen LogP contribution in [0.3, 0.4) is 0 Å². The summed E-state index contributed by atoms with van der Waals surface area (Å²) in [7, 11) is 0. The Labute approximate surface area is 192 Å². The summed E-state index contributed by atoms with van der Waals surface area (Å²) >= 11 is 3.13. The van der Waals surface area contributed by atoms with Gasteiger partial charge in [0.05, 0.1) is 6.54 Å². The van der Waals surface area contributed by atoms with Crippen molar-refractivity contribution in [2.75, 3.05) is 4.90 Å². The molecule has 6 heteroatoms. The third-order valence-corrected chi connectivity index (χ3v) is 4.57. The molecule has 162 valence electrons. The van der Waals surface area contributed by atoms with Crippen molar-refractivity contribution in [1.82, 2.24) is 4.98 Å². The number of benzene rings is 2. The molecule has 3 aromatic rings. The fourth-order valence-corrected chi connectivity index (χ4v) is 2.99. The van der Waals surface area contributed by atoms with E-state index in [2.05, 4.69) is 20.9 Å². The number of ether oxygens (including phenoxy) is 1. The van der Waals surface area contributed by atoms with Crippen LogP contribution in [0.25, 0.3) is 0 Å². The Morgan fingerprint density at radius 1 is 1.00 bits per heavy atom. The number of hydrogen-bond acceptors (Lipinski definition) is 4. The van der Waals surface area contributed by atoms with E-state index in [1.165, 1.54) is 0 Å². The van der Waals surface area contributed by atoms with Gasteiger partial charge in [0.2, 0.25) is 0 Å². The van der Waals surface area contributed by atoms with Crippen molar-refractivity contribution in [2.45, 2.75) is 39.8 Å². The van der Waals surface area contributed by atoms with Gasteiger partial charge in [-0.2, -0.15) is 0 Å². The zero-order valence-electron chi connectivity index (χ0n) is 18.2. The summed E-state index contributed by atoms with van der Waals surface area (Å²) in [5.41, 5.74) is 3.03. The van der Waals surface area contributed by atoms with E-state index in [4.69, 9.17) is 4.74 Å². The molecule has 0 unspecified atom stereocenters. The van der Waals surface area contributed by atoms with Gasteiger partial charge < -0.3 is 4.74 Å². The minimum atomic E-state index is -0.518. The predicted molar refractivity (Wildman–Crippen MR) is 127 cm³/mol. The first-order valence-corrected chi connectivity index (χ1v) is 10.7. The Morgan fingerprint density at radius 3 is 2.19 bits per heavy atom. The van der Waals surface area contributed by atoms with Crippen LogP contribution in [0, 0.1) is 6.92 Å². The quantitative estimate of drug-likeness (QED) is 0.310. The number of carbonyl (C=O) groups excluding carboxylic acids is 2. The van der Waals surface area contributed by atoms with Gasteiger partial charge in [0, 0.05) is 5.69 Å². The Balaban J connectivity index is 0.000000316. The lowest BCUT2D eigenvalue weighted by Crippen LogP contribution is -2.36. The number of aryl methyl sites for hydroxylation is 1. The van der Waals surface area contributed by atoms with Gasteiger partial charge in [-0.1, -0.05) is 48.5 Å². The van der Waals surface area contributed by atoms with Crippen molar-refractivity contribution < 1.29 is 14.3 Å². The summed E-state index contributed by atoms with van der Waals surface area (Å²) in [6, 6.07) is 22.9. The van der Waals surface area contributed by atoms with Crippen molar-refractivity contribution >= 4 is 34.0 Å². The average molecular weight is 483 g/mol. The van der Waals surface area contributed by atoms with Crippen molar-refractivity contribution in [2.24, 2.45) is 0 Å². The number of amides is 1. The van der Waals surface area contributed by atoms with Crippen molar-refractivity contribution in [3.8, 4) is 0 Å². The summed E-state index contributed by atoms with van der Waals surface area (Å²) in [6.07, 6.45) is 0.382. The van der Waals surface area contributed by atoms with E-state index in [9.17, 15) is 9.59 Å². The zero-order valence-corrected chi connectivity index (χ0v) is 19.8. The molecule has 31 heavy (non-hydrogen) atoms. The number of halogens is 1. The number of anilines is 1. The number of hydrogen-bond donors (Lipinski definition) is 0. The standard InChI is InChI=1S/C19H23NO2.C6H4BrNO/c1-15-10-8-9-11-16(15)14-20(17-12-6-5-7-13-17)18(21)22-19(2,3)4;7-6-3-1-2-5(4-9)8-6/h5-13H,14H2,1-4H3;1-4H. The van der Waals surface area contributed by atoms with E-state index in [0.29, 0.717) is 23.1 Å². The topological polar surface area (TPSA) is 59.5 Å². The second-order valence-electron chi connectivity index (χ2n) is 7.83. The van der Waals surface area contributed by atoms with Crippen LogP contribution in [0.5, 0.6) is 0 Å². The molecule has 0 N–H and O–H groups in total. The van der Waals surface area contributed by atoms with Gasteiger partial charge in [0.15, 0.2) is 6.29 Å². The molecule has 0 aliphatic carbocycles. The molecule has 0 aliphatic rings. The van der Waals surface area contributed by atoms with Crippen molar-refractivity contribution in [1.29, 1.82) is 0 Å². The molecule has 0 spiro atoms. The van der Waals surface area contributed by atoms with Gasteiger partial charge in [-0.15, -0.1) is 0 Å². The van der Waals surface area contributed by atoms with Crippen LogP contribution < -0.4 is 4.90 Å². The van der Waals surface area contributed by atoms with Crippen LogP contribution in [0.15, 0.2) is 77.4 Å². The first kappa shape index (κ1) is 24.3. The monoisotopic (exact) mass is 482 g/mol. The Bertz CT molecular complexity index is 1000. The van der Waals surface area contributed by atoms with Crippen LogP contribution in [0.1, 0.15) is 42.4 Å². The second kappa shape index (κ2) is 11.4. The highest BCUT2D eigenvalue weighted by molar-refractivity contribution is 9.10. The molecule has 0 fully saturated rings. The zero-order chi connectivity index (χ0) is 22.9. The molecular formula is C25H27BrN2O3. The number of nitrogens with zero attached hydrogens (tertiary/aromatic N) is 2. The third-order valence-electron chi connectivity index (χ3n) is 4.13. The number of aldehydes is 1.